The normalized spacial score (nSPS) is 15.3. The lowest BCUT2D eigenvalue weighted by molar-refractivity contribution is -0.153. The molecule has 0 radical (unpaired) electrons. The summed E-state index contributed by atoms with van der Waals surface area (Å²) in [6, 6.07) is 11.9. The van der Waals surface area contributed by atoms with E-state index in [1.807, 2.05) is 0 Å². The lowest BCUT2D eigenvalue weighted by Crippen LogP contribution is -2.31. The minimum atomic E-state index is -4.52. The number of alkyl halides is 5. The second-order valence-corrected chi connectivity index (χ2v) is 8.43. The third-order valence-electron chi connectivity index (χ3n) is 5.88. The van der Waals surface area contributed by atoms with Gasteiger partial charge >= 0.3 is 6.18 Å². The fourth-order valence-electron chi connectivity index (χ4n) is 4.00. The first-order valence-corrected chi connectivity index (χ1v) is 10.6. The maximum absolute atomic E-state index is 13.2. The summed E-state index contributed by atoms with van der Waals surface area (Å²) in [6.45, 7) is 1.24. The Morgan fingerprint density at radius 2 is 1.83 bits per heavy atom. The van der Waals surface area contributed by atoms with Gasteiger partial charge in [-0.15, -0.1) is 0 Å². The molecule has 1 amide bonds. The van der Waals surface area contributed by atoms with E-state index in [1.54, 1.807) is 19.1 Å². The molecule has 0 aliphatic carbocycles. The quantitative estimate of drug-likeness (QED) is 0.453. The molecule has 0 saturated heterocycles. The average Bonchev–Trinajstić information content (AvgIpc) is 3.13. The summed E-state index contributed by atoms with van der Waals surface area (Å²) in [5.74, 6) is -0.389. The van der Waals surface area contributed by atoms with Gasteiger partial charge in [0.25, 0.3) is 12.3 Å². The highest BCUT2D eigenvalue weighted by molar-refractivity contribution is 6.11. The molecule has 4 rings (SSSR count). The van der Waals surface area contributed by atoms with Crippen molar-refractivity contribution in [1.82, 2.24) is 4.98 Å². The van der Waals surface area contributed by atoms with Gasteiger partial charge in [-0.05, 0) is 49.2 Å². The maximum Gasteiger partial charge on any atom is 0.422 e. The van der Waals surface area contributed by atoms with Crippen LogP contribution in [0.25, 0.3) is 11.3 Å². The van der Waals surface area contributed by atoms with Gasteiger partial charge in [-0.2, -0.15) is 13.2 Å². The lowest BCUT2D eigenvalue weighted by Gasteiger charge is -2.25. The van der Waals surface area contributed by atoms with E-state index >= 15 is 0 Å². The van der Waals surface area contributed by atoms with Gasteiger partial charge in [0.1, 0.15) is 11.4 Å². The van der Waals surface area contributed by atoms with Crippen LogP contribution in [0.4, 0.5) is 27.6 Å². The number of rotatable bonds is 6. The molecular weight excluding hydrogens is 471 g/mol. The van der Waals surface area contributed by atoms with Crippen molar-refractivity contribution in [1.29, 1.82) is 0 Å². The van der Waals surface area contributed by atoms with E-state index in [0.717, 1.165) is 6.92 Å². The Bertz CT molecular complexity index is 1270. The smallest absolute Gasteiger partial charge is 0.422 e. The number of fused-ring (bicyclic) bond motifs is 1. The van der Waals surface area contributed by atoms with Gasteiger partial charge in [-0.25, -0.2) is 8.78 Å². The Morgan fingerprint density at radius 3 is 2.49 bits per heavy atom. The average molecular weight is 492 g/mol. The van der Waals surface area contributed by atoms with E-state index in [1.165, 1.54) is 47.5 Å². The Hall–Kier alpha value is -3.53. The number of hydrogen-bond donors (Lipinski definition) is 1. The maximum atomic E-state index is 13.2. The monoisotopic (exact) mass is 492 g/mol. The number of aryl methyl sites for hydroxylation is 1. The van der Waals surface area contributed by atoms with Crippen LogP contribution in [0.3, 0.4) is 0 Å². The number of halogens is 5. The van der Waals surface area contributed by atoms with Crippen molar-refractivity contribution < 1.29 is 36.6 Å². The number of aromatic nitrogens is 1. The van der Waals surface area contributed by atoms with Crippen LogP contribution >= 0.6 is 0 Å². The molecule has 3 aromatic rings. The van der Waals surface area contributed by atoms with Gasteiger partial charge in [0, 0.05) is 28.6 Å². The molecule has 0 saturated carbocycles. The zero-order chi connectivity index (χ0) is 25.5. The predicted octanol–water partition coefficient (Wildman–Crippen LogP) is 5.63. The number of aliphatic hydroxyl groups is 1. The number of hydrogen-bond acceptors (Lipinski definition) is 4. The molecule has 2 aromatic carbocycles. The number of benzene rings is 2. The first kappa shape index (κ1) is 24.6. The van der Waals surface area contributed by atoms with Crippen molar-refractivity contribution in [2.45, 2.75) is 38.6 Å². The Labute approximate surface area is 197 Å². The number of anilines is 1. The summed E-state index contributed by atoms with van der Waals surface area (Å²) in [5.41, 5.74) is 0.0524. The third kappa shape index (κ3) is 4.70. The van der Waals surface area contributed by atoms with Crippen LogP contribution in [0.1, 0.15) is 34.0 Å². The number of pyridine rings is 1. The van der Waals surface area contributed by atoms with E-state index in [-0.39, 0.29) is 23.8 Å². The number of ether oxygens (including phenoxy) is 1. The van der Waals surface area contributed by atoms with Gasteiger partial charge in [-0.3, -0.25) is 9.78 Å². The fraction of sp³-hybridized carbons (Fsp3) is 0.280. The van der Waals surface area contributed by atoms with Crippen molar-refractivity contribution in [2.24, 2.45) is 0 Å². The molecule has 1 aliphatic rings. The number of carbonyl (C=O) groups excluding carboxylic acids is 1. The highest BCUT2D eigenvalue weighted by atomic mass is 19.4. The highest BCUT2D eigenvalue weighted by Crippen LogP contribution is 2.39. The molecule has 1 atom stereocenters. The minimum Gasteiger partial charge on any atom is -0.483 e. The first-order valence-electron chi connectivity index (χ1n) is 10.6. The van der Waals surface area contributed by atoms with Crippen LogP contribution in [0.5, 0.6) is 5.75 Å². The molecule has 10 heteroatoms. The van der Waals surface area contributed by atoms with Crippen molar-refractivity contribution in [3.8, 4) is 17.0 Å². The summed E-state index contributed by atoms with van der Waals surface area (Å²) < 4.78 is 69.6. The summed E-state index contributed by atoms with van der Waals surface area (Å²) in [7, 11) is 0. The molecule has 1 aromatic heterocycles. The van der Waals surface area contributed by atoms with Crippen LogP contribution < -0.4 is 9.64 Å². The van der Waals surface area contributed by atoms with Gasteiger partial charge in [0.2, 0.25) is 0 Å². The first-order chi connectivity index (χ1) is 16.4. The van der Waals surface area contributed by atoms with Crippen molar-refractivity contribution in [3.05, 3.63) is 77.0 Å². The van der Waals surface area contributed by atoms with E-state index in [0.29, 0.717) is 33.6 Å². The topological polar surface area (TPSA) is 62.7 Å². The van der Waals surface area contributed by atoms with Crippen LogP contribution in [0.2, 0.25) is 0 Å². The zero-order valence-electron chi connectivity index (χ0n) is 18.7. The number of carbonyl (C=O) groups is 1. The largest absolute Gasteiger partial charge is 0.483 e. The van der Waals surface area contributed by atoms with E-state index in [9.17, 15) is 31.9 Å². The summed E-state index contributed by atoms with van der Waals surface area (Å²) in [4.78, 5) is 19.0. The van der Waals surface area contributed by atoms with E-state index in [2.05, 4.69) is 4.98 Å². The summed E-state index contributed by atoms with van der Waals surface area (Å²) in [5, 5.41) is 10.1. The molecule has 35 heavy (non-hydrogen) atoms. The molecule has 1 aliphatic heterocycles. The van der Waals surface area contributed by atoms with E-state index in [4.69, 9.17) is 4.74 Å². The van der Waals surface area contributed by atoms with Crippen LogP contribution in [0.15, 0.2) is 54.7 Å². The number of nitrogens with zero attached hydrogens (tertiary/aromatic N) is 2. The SMILES string of the molecule is Cc1cc(C(C)(O)C(F)F)ccc1N1Cc2c(ccnc2-c2ccccc2OCC(F)(F)F)C1=O. The van der Waals surface area contributed by atoms with Crippen molar-refractivity contribution in [2.75, 3.05) is 11.5 Å². The molecule has 0 fully saturated rings. The Kier molecular flexibility index (Phi) is 6.27. The standard InChI is InChI=1S/C25H21F5N2O3/c1-14-11-15(24(2,34)23(26)27)7-8-19(14)32-12-18-16(22(32)33)9-10-31-21(18)17-5-3-4-6-20(17)35-13-25(28,29)30/h3-11,23,34H,12-13H2,1-2H3. The van der Waals surface area contributed by atoms with Gasteiger partial charge in [-0.1, -0.05) is 24.3 Å². The Balaban J connectivity index is 1.70. The van der Waals surface area contributed by atoms with Crippen molar-refractivity contribution >= 4 is 11.6 Å². The summed E-state index contributed by atoms with van der Waals surface area (Å²) in [6.07, 6.45) is -6.13. The molecule has 1 N–H and O–H groups in total. The predicted molar refractivity (Wildman–Crippen MR) is 118 cm³/mol. The molecule has 1 unspecified atom stereocenters. The lowest BCUT2D eigenvalue weighted by atomic mass is 9.94. The fourth-order valence-corrected chi connectivity index (χ4v) is 4.00. The van der Waals surface area contributed by atoms with Crippen molar-refractivity contribution in [3.63, 3.8) is 0 Å². The molecule has 2 heterocycles. The van der Waals surface area contributed by atoms with Gasteiger partial charge in [0.15, 0.2) is 6.61 Å². The summed E-state index contributed by atoms with van der Waals surface area (Å²) >= 11 is 0. The Morgan fingerprint density at radius 1 is 1.11 bits per heavy atom. The van der Waals surface area contributed by atoms with Crippen LogP contribution in [-0.4, -0.2) is 35.2 Å². The zero-order valence-corrected chi connectivity index (χ0v) is 18.7. The second-order valence-electron chi connectivity index (χ2n) is 8.43. The molecule has 5 nitrogen and oxygen atoms in total. The van der Waals surface area contributed by atoms with Gasteiger partial charge in [0.05, 0.1) is 12.2 Å². The molecule has 0 bridgehead atoms. The molecular formula is C25H21F5N2O3. The minimum absolute atomic E-state index is 0.0102. The van der Waals surface area contributed by atoms with Crippen LogP contribution in [-0.2, 0) is 12.1 Å². The van der Waals surface area contributed by atoms with E-state index < -0.39 is 24.8 Å². The molecule has 0 spiro atoms. The van der Waals surface area contributed by atoms with Gasteiger partial charge < -0.3 is 14.7 Å². The number of amides is 1. The second kappa shape index (κ2) is 8.92. The number of para-hydroxylation sites is 1. The third-order valence-corrected chi connectivity index (χ3v) is 5.88. The van der Waals surface area contributed by atoms with Crippen LogP contribution in [0, 0.1) is 6.92 Å². The molecule has 184 valence electrons. The highest BCUT2D eigenvalue weighted by Gasteiger charge is 2.36.